The van der Waals surface area contributed by atoms with Crippen molar-refractivity contribution in [3.05, 3.63) is 99.4 Å². The van der Waals surface area contributed by atoms with Gasteiger partial charge in [0, 0.05) is 0 Å². The molecule has 0 N–H and O–H groups in total. The first kappa shape index (κ1) is 23.4. The van der Waals surface area contributed by atoms with Gasteiger partial charge in [-0.3, -0.25) is 0 Å². The molecule has 0 unspecified atom stereocenters. The van der Waals surface area contributed by atoms with E-state index in [1.54, 1.807) is 20.7 Å². The van der Waals surface area contributed by atoms with Crippen molar-refractivity contribution in [1.82, 2.24) is 0 Å². The summed E-state index contributed by atoms with van der Waals surface area (Å²) in [5, 5.41) is 5.82. The van der Waals surface area contributed by atoms with Crippen molar-refractivity contribution in [2.45, 2.75) is 26.7 Å². The van der Waals surface area contributed by atoms with Gasteiger partial charge in [0.1, 0.15) is 0 Å². The summed E-state index contributed by atoms with van der Waals surface area (Å²) in [6.45, 7) is 4.76. The third kappa shape index (κ3) is 3.50. The molecule has 0 nitrogen and oxygen atoms in total. The molecule has 0 bridgehead atoms. The van der Waals surface area contributed by atoms with E-state index in [0.29, 0.717) is 0 Å². The van der Waals surface area contributed by atoms with Gasteiger partial charge in [-0.15, -0.1) is 0 Å². The fourth-order valence-electron chi connectivity index (χ4n) is 5.52. The first-order valence-corrected chi connectivity index (χ1v) is 14.5. The fraction of sp³-hybridized carbons (Fsp3) is 0.138. The van der Waals surface area contributed by atoms with Crippen LogP contribution in [0.5, 0.6) is 0 Å². The van der Waals surface area contributed by atoms with E-state index in [9.17, 15) is 0 Å². The molecule has 0 saturated heterocycles. The van der Waals surface area contributed by atoms with Crippen molar-refractivity contribution in [3.8, 4) is 11.1 Å². The molecule has 0 radical (unpaired) electrons. The normalized spacial score (nSPS) is 13.0. The Kier molecular flexibility index (Phi) is 6.74. The van der Waals surface area contributed by atoms with Crippen LogP contribution in [0, 0.1) is 0 Å². The molecule has 32 heavy (non-hydrogen) atoms. The molecule has 6 rings (SSSR count). The molecule has 0 fully saturated rings. The molecule has 0 heterocycles. The van der Waals surface area contributed by atoms with Crippen LogP contribution in [0.4, 0.5) is 0 Å². The minimum Gasteiger partial charge on any atom is -1.00 e. The van der Waals surface area contributed by atoms with E-state index >= 15 is 0 Å². The molecule has 0 aliphatic heterocycles. The van der Waals surface area contributed by atoms with Crippen molar-refractivity contribution in [2.75, 3.05) is 0 Å². The minimum absolute atomic E-state index is 0. The van der Waals surface area contributed by atoms with Gasteiger partial charge in [0.05, 0.1) is 0 Å². The maximum Gasteiger partial charge on any atom is -1.00 e. The summed E-state index contributed by atoms with van der Waals surface area (Å²) in [5.74, 6) is 0. The summed E-state index contributed by atoms with van der Waals surface area (Å²) in [7, 11) is 0. The third-order valence-corrected chi connectivity index (χ3v) is 14.0. The molecule has 0 atom stereocenters. The molecule has 3 heteroatoms. The minimum atomic E-state index is -2.09. The zero-order valence-corrected chi connectivity index (χ0v) is 22.2. The van der Waals surface area contributed by atoms with Crippen molar-refractivity contribution in [3.63, 3.8) is 0 Å². The Balaban J connectivity index is 0.00000122. The second-order valence-electron chi connectivity index (χ2n) is 8.66. The number of halogens is 2. The predicted octanol–water partition coefficient (Wildman–Crippen LogP) is 0.872. The topological polar surface area (TPSA) is 0 Å². The second-order valence-corrected chi connectivity index (χ2v) is 15.9. The quantitative estimate of drug-likeness (QED) is 0.295. The van der Waals surface area contributed by atoms with E-state index < -0.39 is 21.3 Å². The average Bonchev–Trinajstić information content (AvgIpc) is 3.42. The number of allylic oxidation sites excluding steroid dienone is 4. The smallest absolute Gasteiger partial charge is 1.00 e. The summed E-state index contributed by atoms with van der Waals surface area (Å²) in [6, 6.07) is 25.2. The van der Waals surface area contributed by atoms with Gasteiger partial charge >= 0.3 is 186 Å². The maximum absolute atomic E-state index is 2.46. The van der Waals surface area contributed by atoms with Gasteiger partial charge in [-0.2, -0.15) is 0 Å². The Hall–Kier alpha value is -1.79. The Morgan fingerprint density at radius 3 is 2.25 bits per heavy atom. The first-order valence-electron chi connectivity index (χ1n) is 10.8. The Bertz CT molecular complexity index is 1450. The largest absolute Gasteiger partial charge is 1.00 e. The molecule has 0 aromatic heterocycles. The maximum atomic E-state index is 2.46. The van der Waals surface area contributed by atoms with Gasteiger partial charge in [-0.25, -0.2) is 0 Å². The van der Waals surface area contributed by atoms with Crippen LogP contribution in [0.3, 0.4) is 0 Å². The molecule has 0 amide bonds. The van der Waals surface area contributed by atoms with E-state index in [0.717, 1.165) is 12.8 Å². The zero-order valence-electron chi connectivity index (χ0n) is 18.3. The Morgan fingerprint density at radius 1 is 0.781 bits per heavy atom. The van der Waals surface area contributed by atoms with E-state index in [1.807, 2.05) is 0 Å². The van der Waals surface area contributed by atoms with Crippen molar-refractivity contribution in [1.29, 1.82) is 0 Å². The Labute approximate surface area is 210 Å². The summed E-state index contributed by atoms with van der Waals surface area (Å²) in [4.78, 5) is 0. The van der Waals surface area contributed by atoms with E-state index in [-0.39, 0.29) is 24.8 Å². The standard InChI is InChI=1S/C21H13.C5H5.C3H6.2ClH.Zr/c1-2-8-15-14(7-1)13-20-18-11-4-3-9-16(18)17-10-5-6-12-19(17)21(15)20;1-2-4-5-3-1;1-3-2;;;/h1-10,12H,13H2;1-3H,4H2;1-2H3;2*1H;/q;;;;;+2/p-2. The molecule has 158 valence electrons. The van der Waals surface area contributed by atoms with Crippen LogP contribution in [0.25, 0.3) is 32.7 Å². The van der Waals surface area contributed by atoms with Crippen LogP contribution in [0.2, 0.25) is 0 Å². The number of rotatable bonds is 2. The van der Waals surface area contributed by atoms with Crippen molar-refractivity contribution < 1.29 is 46.1 Å². The van der Waals surface area contributed by atoms with Gasteiger partial charge in [0.25, 0.3) is 0 Å². The molecule has 0 saturated carbocycles. The third-order valence-electron chi connectivity index (χ3n) is 6.67. The van der Waals surface area contributed by atoms with E-state index in [4.69, 9.17) is 0 Å². The van der Waals surface area contributed by atoms with Crippen LogP contribution in [0.15, 0.2) is 88.2 Å². The summed E-state index contributed by atoms with van der Waals surface area (Å²) in [5.41, 5.74) is 5.95. The van der Waals surface area contributed by atoms with Gasteiger partial charge in [0.2, 0.25) is 0 Å². The van der Waals surface area contributed by atoms with Crippen LogP contribution in [0.1, 0.15) is 31.4 Å². The van der Waals surface area contributed by atoms with Crippen LogP contribution >= 0.6 is 0 Å². The molecular weight excluding hydrogens is 510 g/mol. The number of hydrogen-bond donors (Lipinski definition) is 0. The fourth-order valence-corrected chi connectivity index (χ4v) is 12.7. The molecular formula is C29H24Cl2Zr. The number of fused-ring (bicyclic) bond motifs is 8. The average molecular weight is 535 g/mol. The van der Waals surface area contributed by atoms with Gasteiger partial charge in [-0.1, -0.05) is 0 Å². The number of benzene rings is 4. The van der Waals surface area contributed by atoms with Crippen molar-refractivity contribution >= 4 is 28.0 Å². The molecule has 4 aromatic carbocycles. The summed E-state index contributed by atoms with van der Waals surface area (Å²) < 4.78 is 5.04. The van der Waals surface area contributed by atoms with Gasteiger partial charge in [0.15, 0.2) is 0 Å². The summed E-state index contributed by atoms with van der Waals surface area (Å²) in [6.07, 6.45) is 9.21. The van der Waals surface area contributed by atoms with Crippen LogP contribution in [-0.2, 0) is 27.7 Å². The first-order chi connectivity index (χ1) is 14.7. The van der Waals surface area contributed by atoms with Crippen LogP contribution < -0.4 is 28.1 Å². The predicted molar refractivity (Wildman–Crippen MR) is 128 cm³/mol. The summed E-state index contributed by atoms with van der Waals surface area (Å²) >= 11 is -2.09. The van der Waals surface area contributed by atoms with Gasteiger partial charge in [-0.05, 0) is 0 Å². The molecule has 2 aliphatic carbocycles. The molecule has 0 spiro atoms. The van der Waals surface area contributed by atoms with Crippen LogP contribution in [-0.4, -0.2) is 3.21 Å². The molecule has 4 aromatic rings. The zero-order chi connectivity index (χ0) is 20.2. The monoisotopic (exact) mass is 532 g/mol. The Morgan fingerprint density at radius 2 is 1.50 bits per heavy atom. The second kappa shape index (κ2) is 9.22. The number of hydrogen-bond acceptors (Lipinski definition) is 0. The molecule has 2 aliphatic rings. The van der Waals surface area contributed by atoms with E-state index in [2.05, 4.69) is 98.8 Å². The van der Waals surface area contributed by atoms with E-state index in [1.165, 1.54) is 32.8 Å². The van der Waals surface area contributed by atoms with Gasteiger partial charge < -0.3 is 24.8 Å². The van der Waals surface area contributed by atoms with Crippen molar-refractivity contribution in [2.24, 2.45) is 0 Å². The SMILES string of the molecule is C[C](C)=[Zr+2]([C]1=CC=CC1)[c]1cccc2c1c1c(c3ccccc32)-c2ccccc2C1.[Cl-].[Cl-].